The maximum atomic E-state index is 12.2. The lowest BCUT2D eigenvalue weighted by Crippen LogP contribution is -2.44. The summed E-state index contributed by atoms with van der Waals surface area (Å²) in [6, 6.07) is 0. The van der Waals surface area contributed by atoms with Crippen molar-refractivity contribution in [2.75, 3.05) is 52.9 Å². The highest BCUT2D eigenvalue weighted by atomic mass is 16.2. The van der Waals surface area contributed by atoms with Crippen LogP contribution in [0.5, 0.6) is 0 Å². The molecule has 126 valence electrons. The average Bonchev–Trinajstić information content (AvgIpc) is 2.70. The van der Waals surface area contributed by atoms with Gasteiger partial charge in [0.1, 0.15) is 0 Å². The van der Waals surface area contributed by atoms with Crippen LogP contribution in [0.1, 0.15) is 26.7 Å². The van der Waals surface area contributed by atoms with Gasteiger partial charge in [-0.25, -0.2) is 0 Å². The van der Waals surface area contributed by atoms with Gasteiger partial charge < -0.3 is 15.1 Å². The molecule has 1 fully saturated rings. The van der Waals surface area contributed by atoms with E-state index in [0.717, 1.165) is 25.9 Å². The molecule has 7 heteroatoms. The van der Waals surface area contributed by atoms with E-state index in [1.807, 2.05) is 16.7 Å². The number of nitrogens with zero attached hydrogens (tertiary/aromatic N) is 3. The number of carbonyl (C=O) groups is 3. The second-order valence-corrected chi connectivity index (χ2v) is 5.74. The summed E-state index contributed by atoms with van der Waals surface area (Å²) in [6.45, 7) is 7.47. The maximum Gasteiger partial charge on any atom is 0.239 e. The van der Waals surface area contributed by atoms with Crippen molar-refractivity contribution in [2.24, 2.45) is 0 Å². The summed E-state index contributed by atoms with van der Waals surface area (Å²) < 4.78 is 0. The molecule has 1 aliphatic rings. The van der Waals surface area contributed by atoms with Crippen molar-refractivity contribution in [3.05, 3.63) is 0 Å². The Morgan fingerprint density at radius 2 is 1.86 bits per heavy atom. The number of amides is 3. The predicted molar refractivity (Wildman–Crippen MR) is 84.2 cm³/mol. The molecule has 1 saturated heterocycles. The van der Waals surface area contributed by atoms with E-state index in [1.165, 1.54) is 4.90 Å². The molecule has 0 atom stereocenters. The van der Waals surface area contributed by atoms with Crippen LogP contribution in [-0.4, -0.2) is 85.3 Å². The first kappa shape index (κ1) is 18.4. The van der Waals surface area contributed by atoms with Crippen LogP contribution in [-0.2, 0) is 14.4 Å². The van der Waals surface area contributed by atoms with Gasteiger partial charge in [0.25, 0.3) is 0 Å². The van der Waals surface area contributed by atoms with Crippen LogP contribution in [0.25, 0.3) is 0 Å². The van der Waals surface area contributed by atoms with E-state index in [2.05, 4.69) is 5.32 Å². The Kier molecular flexibility index (Phi) is 7.87. The molecule has 0 aromatic carbocycles. The summed E-state index contributed by atoms with van der Waals surface area (Å²) in [5.74, 6) is -0.114. The minimum Gasteiger partial charge on any atom is -0.355 e. The van der Waals surface area contributed by atoms with E-state index >= 15 is 0 Å². The van der Waals surface area contributed by atoms with Crippen molar-refractivity contribution >= 4 is 17.7 Å². The maximum absolute atomic E-state index is 12.2. The van der Waals surface area contributed by atoms with Gasteiger partial charge in [0.15, 0.2) is 0 Å². The van der Waals surface area contributed by atoms with Crippen molar-refractivity contribution in [2.45, 2.75) is 26.7 Å². The Balaban J connectivity index is 2.37. The SMILES string of the molecule is CCCNC(=O)CN(C)C(=O)CN1CCCN(C(C)=O)CC1. The average molecular weight is 312 g/mol. The molecule has 0 aromatic heterocycles. The molecule has 22 heavy (non-hydrogen) atoms. The summed E-state index contributed by atoms with van der Waals surface area (Å²) in [5.41, 5.74) is 0. The molecular formula is C15H28N4O3. The molecule has 0 aliphatic carbocycles. The summed E-state index contributed by atoms with van der Waals surface area (Å²) in [6.07, 6.45) is 1.75. The number of nitrogens with one attached hydrogen (secondary N) is 1. The zero-order valence-corrected chi connectivity index (χ0v) is 13.9. The molecule has 1 aliphatic heterocycles. The second kappa shape index (κ2) is 9.40. The molecule has 0 radical (unpaired) electrons. The van der Waals surface area contributed by atoms with Gasteiger partial charge >= 0.3 is 0 Å². The van der Waals surface area contributed by atoms with Gasteiger partial charge in [0.2, 0.25) is 17.7 Å². The first-order valence-corrected chi connectivity index (χ1v) is 7.92. The monoisotopic (exact) mass is 312 g/mol. The number of likely N-dealkylation sites (N-methyl/N-ethyl adjacent to an activating group) is 1. The van der Waals surface area contributed by atoms with Crippen molar-refractivity contribution < 1.29 is 14.4 Å². The van der Waals surface area contributed by atoms with Crippen LogP contribution in [0.2, 0.25) is 0 Å². The minimum atomic E-state index is -0.128. The number of rotatable bonds is 6. The molecule has 1 heterocycles. The first-order chi connectivity index (χ1) is 10.4. The van der Waals surface area contributed by atoms with Gasteiger partial charge in [0, 0.05) is 46.7 Å². The third kappa shape index (κ3) is 6.43. The van der Waals surface area contributed by atoms with Crippen LogP contribution < -0.4 is 5.32 Å². The Labute approximate surface area is 132 Å². The molecule has 7 nitrogen and oxygen atoms in total. The molecule has 0 unspecified atom stereocenters. The quantitative estimate of drug-likeness (QED) is 0.719. The number of hydrogen-bond acceptors (Lipinski definition) is 4. The van der Waals surface area contributed by atoms with Crippen LogP contribution in [0.3, 0.4) is 0 Å². The fourth-order valence-electron chi connectivity index (χ4n) is 2.38. The van der Waals surface area contributed by atoms with Crippen LogP contribution in [0.4, 0.5) is 0 Å². The summed E-state index contributed by atoms with van der Waals surface area (Å²) >= 11 is 0. The highest BCUT2D eigenvalue weighted by molar-refractivity contribution is 5.85. The molecule has 1 rings (SSSR count). The highest BCUT2D eigenvalue weighted by Crippen LogP contribution is 2.04. The normalized spacial score (nSPS) is 16.0. The number of hydrogen-bond donors (Lipinski definition) is 1. The molecule has 1 N–H and O–H groups in total. The van der Waals surface area contributed by atoms with Crippen LogP contribution in [0, 0.1) is 0 Å². The van der Waals surface area contributed by atoms with Gasteiger partial charge in [-0.15, -0.1) is 0 Å². The van der Waals surface area contributed by atoms with Crippen molar-refractivity contribution in [1.29, 1.82) is 0 Å². The zero-order chi connectivity index (χ0) is 16.5. The third-order valence-corrected chi connectivity index (χ3v) is 3.77. The Bertz CT molecular complexity index is 400. The number of carbonyl (C=O) groups excluding carboxylic acids is 3. The van der Waals surface area contributed by atoms with E-state index < -0.39 is 0 Å². The molecule has 0 saturated carbocycles. The molecule has 0 bridgehead atoms. The lowest BCUT2D eigenvalue weighted by Gasteiger charge is -2.23. The van der Waals surface area contributed by atoms with Crippen molar-refractivity contribution in [3.63, 3.8) is 0 Å². The molecular weight excluding hydrogens is 284 g/mol. The largest absolute Gasteiger partial charge is 0.355 e. The Hall–Kier alpha value is -1.63. The van der Waals surface area contributed by atoms with Gasteiger partial charge in [-0.3, -0.25) is 19.3 Å². The van der Waals surface area contributed by atoms with Gasteiger partial charge in [-0.1, -0.05) is 6.92 Å². The standard InChI is InChI=1S/C15H28N4O3/c1-4-6-16-14(21)11-17(3)15(22)12-18-7-5-8-19(10-9-18)13(2)20/h4-12H2,1-3H3,(H,16,21). The zero-order valence-electron chi connectivity index (χ0n) is 13.9. The molecule has 0 spiro atoms. The van der Waals surface area contributed by atoms with E-state index in [9.17, 15) is 14.4 Å². The van der Waals surface area contributed by atoms with Gasteiger partial charge in [-0.2, -0.15) is 0 Å². The summed E-state index contributed by atoms with van der Waals surface area (Å²) in [4.78, 5) is 40.5. The second-order valence-electron chi connectivity index (χ2n) is 5.74. The predicted octanol–water partition coefficient (Wildman–Crippen LogP) is -0.475. The van der Waals surface area contributed by atoms with E-state index in [4.69, 9.17) is 0 Å². The van der Waals surface area contributed by atoms with Crippen LogP contribution >= 0.6 is 0 Å². The molecule has 3 amide bonds. The third-order valence-electron chi connectivity index (χ3n) is 3.77. The van der Waals surface area contributed by atoms with Gasteiger partial charge in [-0.05, 0) is 12.8 Å². The lowest BCUT2D eigenvalue weighted by atomic mass is 10.3. The lowest BCUT2D eigenvalue weighted by molar-refractivity contribution is -0.135. The van der Waals surface area contributed by atoms with Crippen molar-refractivity contribution in [1.82, 2.24) is 20.0 Å². The van der Waals surface area contributed by atoms with Crippen LogP contribution in [0.15, 0.2) is 0 Å². The highest BCUT2D eigenvalue weighted by Gasteiger charge is 2.20. The van der Waals surface area contributed by atoms with E-state index in [0.29, 0.717) is 26.2 Å². The smallest absolute Gasteiger partial charge is 0.239 e. The van der Waals surface area contributed by atoms with E-state index in [-0.39, 0.29) is 24.3 Å². The summed E-state index contributed by atoms with van der Waals surface area (Å²) in [5, 5.41) is 2.76. The topological polar surface area (TPSA) is 73.0 Å². The van der Waals surface area contributed by atoms with Gasteiger partial charge in [0.05, 0.1) is 13.1 Å². The fraction of sp³-hybridized carbons (Fsp3) is 0.800. The minimum absolute atomic E-state index is 0.0667. The molecule has 0 aromatic rings. The Morgan fingerprint density at radius 3 is 2.50 bits per heavy atom. The van der Waals surface area contributed by atoms with Crippen molar-refractivity contribution in [3.8, 4) is 0 Å². The Morgan fingerprint density at radius 1 is 1.14 bits per heavy atom. The fourth-order valence-corrected chi connectivity index (χ4v) is 2.38. The summed E-state index contributed by atoms with van der Waals surface area (Å²) in [7, 11) is 1.65. The first-order valence-electron chi connectivity index (χ1n) is 7.92. The van der Waals surface area contributed by atoms with E-state index in [1.54, 1.807) is 14.0 Å².